The number of urea groups is 1. The minimum absolute atomic E-state index is 0.109. The van der Waals surface area contributed by atoms with Crippen molar-refractivity contribution in [1.82, 2.24) is 14.9 Å². The normalized spacial score (nSPS) is 23.7. The molecule has 0 spiro atoms. The lowest BCUT2D eigenvalue weighted by molar-refractivity contribution is -0.146. The lowest BCUT2D eigenvalue weighted by Crippen LogP contribution is -2.62. The maximum absolute atomic E-state index is 16.0. The Labute approximate surface area is 211 Å². The first-order valence-electron chi connectivity index (χ1n) is 12.0. The summed E-state index contributed by atoms with van der Waals surface area (Å²) in [6, 6.07) is -0.0948. The molecule has 0 saturated carbocycles. The minimum atomic E-state index is -1.99. The number of alkyl halides is 1. The van der Waals surface area contributed by atoms with Crippen molar-refractivity contribution < 1.29 is 37.2 Å². The van der Waals surface area contributed by atoms with Gasteiger partial charge in [0.15, 0.2) is 0 Å². The highest BCUT2D eigenvalue weighted by atomic mass is 32.2. The topological polar surface area (TPSA) is 120 Å². The van der Waals surface area contributed by atoms with Crippen molar-refractivity contribution in [2.24, 2.45) is 5.92 Å². The highest BCUT2D eigenvalue weighted by Gasteiger charge is 2.46. The summed E-state index contributed by atoms with van der Waals surface area (Å²) in [5.74, 6) is -3.50. The van der Waals surface area contributed by atoms with Crippen molar-refractivity contribution in [3.63, 3.8) is 0 Å². The Morgan fingerprint density at radius 1 is 1.22 bits per heavy atom. The number of halogens is 2. The number of nitrogens with one attached hydrogen (secondary N) is 2. The van der Waals surface area contributed by atoms with E-state index in [1.54, 1.807) is 20.8 Å². The van der Waals surface area contributed by atoms with E-state index in [2.05, 4.69) is 10.0 Å². The smallest absolute Gasteiger partial charge is 0.331 e. The van der Waals surface area contributed by atoms with E-state index in [4.69, 9.17) is 9.47 Å². The fourth-order valence-corrected chi connectivity index (χ4v) is 5.42. The summed E-state index contributed by atoms with van der Waals surface area (Å²) in [7, 11) is 0. The van der Waals surface area contributed by atoms with Gasteiger partial charge in [0.05, 0.1) is 6.61 Å². The van der Waals surface area contributed by atoms with E-state index in [0.29, 0.717) is 50.4 Å². The molecule has 2 N–H and O–H groups in total. The maximum atomic E-state index is 16.0. The zero-order valence-corrected chi connectivity index (χ0v) is 21.3. The molecule has 3 heterocycles. The van der Waals surface area contributed by atoms with E-state index in [-0.39, 0.29) is 5.56 Å². The largest absolute Gasteiger partial charge is 0.598 e. The highest BCUT2D eigenvalue weighted by molar-refractivity contribution is 7.90. The van der Waals surface area contributed by atoms with E-state index in [1.807, 2.05) is 0 Å². The molecule has 4 amide bonds. The van der Waals surface area contributed by atoms with Crippen LogP contribution in [0.15, 0.2) is 12.1 Å². The molecule has 4 rings (SSSR count). The lowest BCUT2D eigenvalue weighted by atomic mass is 9.90. The number of rotatable bonds is 7. The third-order valence-electron chi connectivity index (χ3n) is 6.61. The van der Waals surface area contributed by atoms with Crippen LogP contribution in [0.2, 0.25) is 0 Å². The van der Waals surface area contributed by atoms with Crippen LogP contribution in [0, 0.1) is 11.7 Å². The number of nitrogens with zero attached hydrogens (tertiary/aromatic N) is 1. The van der Waals surface area contributed by atoms with Gasteiger partial charge in [0, 0.05) is 54.6 Å². The van der Waals surface area contributed by atoms with Crippen LogP contribution in [0.4, 0.5) is 13.6 Å². The van der Waals surface area contributed by atoms with Gasteiger partial charge in [-0.15, -0.1) is 4.72 Å². The summed E-state index contributed by atoms with van der Waals surface area (Å²) in [4.78, 5) is 39.2. The second-order valence-electron chi connectivity index (χ2n) is 10.2. The molecule has 1 aromatic rings. The molecule has 0 radical (unpaired) electrons. The van der Waals surface area contributed by atoms with Gasteiger partial charge in [-0.3, -0.25) is 19.8 Å². The first-order valence-corrected chi connectivity index (χ1v) is 13.1. The van der Waals surface area contributed by atoms with Crippen LogP contribution < -0.4 is 14.8 Å². The van der Waals surface area contributed by atoms with Gasteiger partial charge in [0.25, 0.3) is 0 Å². The number of ether oxygens (including phenoxy) is 2. The van der Waals surface area contributed by atoms with Crippen molar-refractivity contribution in [2.45, 2.75) is 69.5 Å². The Morgan fingerprint density at radius 3 is 2.58 bits per heavy atom. The molecule has 1 aromatic carbocycles. The minimum Gasteiger partial charge on any atom is -0.598 e. The SMILES string of the molecule is CC(C)(C)[S@@+]([O-])N[C@@H](c1cc2c(cc1F)CCO2)[C@H](F)CC1C(=O)NC(=O)N(C2CCOCC2)C1=O. The van der Waals surface area contributed by atoms with Gasteiger partial charge in [-0.2, -0.15) is 0 Å². The van der Waals surface area contributed by atoms with E-state index >= 15 is 8.78 Å². The third kappa shape index (κ3) is 5.51. The zero-order chi connectivity index (χ0) is 26.2. The first kappa shape index (κ1) is 26.8. The number of amides is 4. The van der Waals surface area contributed by atoms with Crippen LogP contribution in [-0.4, -0.2) is 64.1 Å². The van der Waals surface area contributed by atoms with Gasteiger partial charge in [0.1, 0.15) is 34.4 Å². The Balaban J connectivity index is 1.61. The Hall–Kier alpha value is -2.28. The number of hydrogen-bond acceptors (Lipinski definition) is 7. The summed E-state index contributed by atoms with van der Waals surface area (Å²) in [5.41, 5.74) is 0.539. The Bertz CT molecular complexity index is 1030. The summed E-state index contributed by atoms with van der Waals surface area (Å²) < 4.78 is 56.6. The molecule has 12 heteroatoms. The molecule has 3 aliphatic rings. The van der Waals surface area contributed by atoms with Crippen molar-refractivity contribution in [3.05, 3.63) is 29.1 Å². The maximum Gasteiger partial charge on any atom is 0.331 e. The number of hydrogen-bond donors (Lipinski definition) is 2. The lowest BCUT2D eigenvalue weighted by Gasteiger charge is -2.38. The van der Waals surface area contributed by atoms with Crippen LogP contribution in [-0.2, 0) is 32.1 Å². The number of imide groups is 2. The van der Waals surface area contributed by atoms with Crippen molar-refractivity contribution >= 4 is 29.2 Å². The molecular weight excluding hydrogens is 496 g/mol. The second kappa shape index (κ2) is 10.6. The molecule has 0 aliphatic carbocycles. The van der Waals surface area contributed by atoms with Crippen molar-refractivity contribution in [2.75, 3.05) is 19.8 Å². The second-order valence-corrected chi connectivity index (χ2v) is 12.2. The predicted molar refractivity (Wildman–Crippen MR) is 127 cm³/mol. The summed E-state index contributed by atoms with van der Waals surface area (Å²) >= 11 is -1.80. The molecule has 2 saturated heterocycles. The molecule has 9 nitrogen and oxygen atoms in total. The van der Waals surface area contributed by atoms with Gasteiger partial charge in [0.2, 0.25) is 11.8 Å². The molecule has 2 fully saturated rings. The summed E-state index contributed by atoms with van der Waals surface area (Å²) in [6.07, 6.45) is -1.28. The summed E-state index contributed by atoms with van der Waals surface area (Å²) in [5, 5.41) is 2.15. The molecule has 3 aliphatic heterocycles. The quantitative estimate of drug-likeness (QED) is 0.413. The van der Waals surface area contributed by atoms with E-state index in [1.165, 1.54) is 12.1 Å². The molecule has 0 aromatic heterocycles. The monoisotopic (exact) mass is 527 g/mol. The summed E-state index contributed by atoms with van der Waals surface area (Å²) in [6.45, 7) is 6.12. The number of barbiturate groups is 1. The van der Waals surface area contributed by atoms with Crippen LogP contribution in [0.5, 0.6) is 5.75 Å². The average molecular weight is 528 g/mol. The number of fused-ring (bicyclic) bond motifs is 1. The Morgan fingerprint density at radius 2 is 1.92 bits per heavy atom. The molecular formula is C24H31F2N3O6S. The zero-order valence-electron chi connectivity index (χ0n) is 20.5. The van der Waals surface area contributed by atoms with Gasteiger partial charge < -0.3 is 14.0 Å². The van der Waals surface area contributed by atoms with Crippen LogP contribution in [0.25, 0.3) is 0 Å². The molecule has 0 bridgehead atoms. The van der Waals surface area contributed by atoms with Gasteiger partial charge >= 0.3 is 6.03 Å². The molecule has 1 unspecified atom stereocenters. The predicted octanol–water partition coefficient (Wildman–Crippen LogP) is 2.46. The number of carbonyl (C=O) groups excluding carboxylic acids is 3. The molecule has 198 valence electrons. The Kier molecular flexibility index (Phi) is 7.89. The number of carbonyl (C=O) groups is 3. The average Bonchev–Trinajstić information content (AvgIpc) is 3.26. The van der Waals surface area contributed by atoms with Crippen LogP contribution in [0.1, 0.15) is 57.2 Å². The van der Waals surface area contributed by atoms with Crippen molar-refractivity contribution in [3.8, 4) is 5.75 Å². The highest BCUT2D eigenvalue weighted by Crippen LogP contribution is 2.36. The standard InChI is InChI=1S/C24H31F2N3O6S/c1-24(2,3)36(33)28-20(15-12-19-13(4-9-35-19)10-17(15)25)18(26)11-16-21(30)27-23(32)29(22(16)31)14-5-7-34-8-6-14/h10,12,14,16,18,20,28H,4-9,11H2,1-3H3,(H,27,30,32)/t16?,18-,20+,36-/m1/s1. The number of benzene rings is 1. The molecule has 4 atom stereocenters. The van der Waals surface area contributed by atoms with Gasteiger partial charge in [-0.1, -0.05) is 0 Å². The van der Waals surface area contributed by atoms with E-state index in [0.717, 1.165) is 4.90 Å². The fourth-order valence-electron chi connectivity index (χ4n) is 4.56. The van der Waals surface area contributed by atoms with Crippen LogP contribution in [0.3, 0.4) is 0 Å². The fraction of sp³-hybridized carbons (Fsp3) is 0.625. The first-order chi connectivity index (χ1) is 17.0. The van der Waals surface area contributed by atoms with Gasteiger partial charge in [-0.05, 0) is 45.7 Å². The van der Waals surface area contributed by atoms with Gasteiger partial charge in [-0.25, -0.2) is 13.6 Å². The van der Waals surface area contributed by atoms with E-state index < -0.39 is 70.4 Å². The van der Waals surface area contributed by atoms with E-state index in [9.17, 15) is 18.9 Å². The van der Waals surface area contributed by atoms with Crippen LogP contribution >= 0.6 is 0 Å². The third-order valence-corrected chi connectivity index (χ3v) is 8.19. The molecule has 36 heavy (non-hydrogen) atoms. The van der Waals surface area contributed by atoms with Crippen molar-refractivity contribution in [1.29, 1.82) is 0 Å².